The summed E-state index contributed by atoms with van der Waals surface area (Å²) in [6, 6.07) is 2.13. The first-order chi connectivity index (χ1) is 7.97. The summed E-state index contributed by atoms with van der Waals surface area (Å²) >= 11 is 5.66. The predicted octanol–water partition coefficient (Wildman–Crippen LogP) is 2.49. The van der Waals surface area contributed by atoms with Crippen molar-refractivity contribution in [1.82, 2.24) is 0 Å². The van der Waals surface area contributed by atoms with E-state index in [1.54, 1.807) is 6.92 Å². The van der Waals surface area contributed by atoms with Gasteiger partial charge in [-0.3, -0.25) is 14.9 Å². The van der Waals surface area contributed by atoms with Gasteiger partial charge >= 0.3 is 11.7 Å². The van der Waals surface area contributed by atoms with Crippen molar-refractivity contribution in [1.29, 1.82) is 0 Å². The zero-order valence-corrected chi connectivity index (χ0v) is 9.66. The van der Waals surface area contributed by atoms with Gasteiger partial charge in [0.25, 0.3) is 0 Å². The fourth-order valence-corrected chi connectivity index (χ4v) is 1.54. The highest BCUT2D eigenvalue weighted by atomic mass is 35.5. The molecule has 7 heteroatoms. The van der Waals surface area contributed by atoms with Crippen molar-refractivity contribution in [2.75, 3.05) is 6.61 Å². The third-order valence-electron chi connectivity index (χ3n) is 1.97. The Bertz CT molecular complexity index is 464. The third-order valence-corrected chi connectivity index (χ3v) is 2.39. The number of rotatable bonds is 4. The molecule has 17 heavy (non-hydrogen) atoms. The second-order valence-electron chi connectivity index (χ2n) is 3.11. The van der Waals surface area contributed by atoms with E-state index in [0.29, 0.717) is 0 Å². The van der Waals surface area contributed by atoms with Crippen molar-refractivity contribution in [2.24, 2.45) is 0 Å². The molecule has 0 atom stereocenters. The van der Waals surface area contributed by atoms with Gasteiger partial charge in [0.05, 0.1) is 18.0 Å². The normalized spacial score (nSPS) is 10.1. The first kappa shape index (κ1) is 13.4. The highest BCUT2D eigenvalue weighted by Crippen LogP contribution is 2.31. The van der Waals surface area contributed by atoms with E-state index in [4.69, 9.17) is 11.6 Å². The van der Waals surface area contributed by atoms with Crippen LogP contribution in [0.2, 0.25) is 5.02 Å². The molecule has 0 saturated carbocycles. The van der Waals surface area contributed by atoms with Crippen LogP contribution in [-0.2, 0) is 16.0 Å². The van der Waals surface area contributed by atoms with Crippen molar-refractivity contribution in [3.05, 3.63) is 38.7 Å². The van der Waals surface area contributed by atoms with Crippen LogP contribution in [0.3, 0.4) is 0 Å². The standard InChI is InChI=1S/C10H9ClFNO4/c1-2-17-8(14)5-6-3-4-7(12)10(9(6)11)13(15)16/h3-4H,2,5H2,1H3. The van der Waals surface area contributed by atoms with Crippen LogP contribution in [0, 0.1) is 15.9 Å². The Morgan fingerprint density at radius 3 is 2.76 bits per heavy atom. The Morgan fingerprint density at radius 2 is 2.24 bits per heavy atom. The Morgan fingerprint density at radius 1 is 1.59 bits per heavy atom. The minimum atomic E-state index is -1.03. The second-order valence-corrected chi connectivity index (χ2v) is 3.49. The molecule has 0 aliphatic heterocycles. The van der Waals surface area contributed by atoms with Crippen molar-refractivity contribution in [2.45, 2.75) is 13.3 Å². The van der Waals surface area contributed by atoms with Crippen molar-refractivity contribution < 1.29 is 18.8 Å². The zero-order valence-electron chi connectivity index (χ0n) is 8.91. The number of halogens is 2. The SMILES string of the molecule is CCOC(=O)Cc1ccc(F)c([N+](=O)[O-])c1Cl. The van der Waals surface area contributed by atoms with E-state index >= 15 is 0 Å². The van der Waals surface area contributed by atoms with E-state index in [1.807, 2.05) is 0 Å². The third kappa shape index (κ3) is 3.13. The quantitative estimate of drug-likeness (QED) is 0.474. The highest BCUT2D eigenvalue weighted by Gasteiger charge is 2.23. The summed E-state index contributed by atoms with van der Waals surface area (Å²) in [5.41, 5.74) is -0.660. The van der Waals surface area contributed by atoms with E-state index < -0.39 is 22.4 Å². The summed E-state index contributed by atoms with van der Waals surface area (Å²) < 4.78 is 17.8. The highest BCUT2D eigenvalue weighted by molar-refractivity contribution is 6.33. The molecule has 0 spiro atoms. The number of ether oxygens (including phenoxy) is 1. The Hall–Kier alpha value is -1.69. The van der Waals surface area contributed by atoms with Gasteiger partial charge < -0.3 is 4.74 Å². The van der Waals surface area contributed by atoms with Crippen LogP contribution in [0.25, 0.3) is 0 Å². The molecular formula is C10H9ClFNO4. The first-order valence-electron chi connectivity index (χ1n) is 4.74. The molecule has 0 bridgehead atoms. The van der Waals surface area contributed by atoms with Crippen LogP contribution in [0.4, 0.5) is 10.1 Å². The summed E-state index contributed by atoms with van der Waals surface area (Å²) in [6.07, 6.45) is -0.228. The maximum absolute atomic E-state index is 13.1. The molecule has 5 nitrogen and oxygen atoms in total. The van der Waals surface area contributed by atoms with Crippen molar-refractivity contribution >= 4 is 23.3 Å². The number of benzene rings is 1. The molecule has 0 heterocycles. The molecule has 1 aromatic rings. The number of esters is 1. The number of hydrogen-bond acceptors (Lipinski definition) is 4. The van der Waals surface area contributed by atoms with Crippen LogP contribution < -0.4 is 0 Å². The lowest BCUT2D eigenvalue weighted by Crippen LogP contribution is -2.08. The molecule has 0 aliphatic carbocycles. The Kier molecular flexibility index (Phi) is 4.39. The molecule has 0 aliphatic rings. The zero-order chi connectivity index (χ0) is 13.0. The molecular weight excluding hydrogens is 253 g/mol. The van der Waals surface area contributed by atoms with Gasteiger partial charge in [0.15, 0.2) is 0 Å². The number of nitro groups is 1. The topological polar surface area (TPSA) is 69.4 Å². The van der Waals surface area contributed by atoms with Crippen LogP contribution in [0.15, 0.2) is 12.1 Å². The summed E-state index contributed by atoms with van der Waals surface area (Å²) in [6.45, 7) is 1.83. The molecule has 0 radical (unpaired) electrons. The van der Waals surface area contributed by atoms with Gasteiger partial charge in [0.2, 0.25) is 5.82 Å². The number of carbonyl (C=O) groups excluding carboxylic acids is 1. The summed E-state index contributed by atoms with van der Waals surface area (Å²) in [5, 5.41) is 10.2. The van der Waals surface area contributed by atoms with Gasteiger partial charge in [0, 0.05) is 0 Å². The predicted molar refractivity (Wildman–Crippen MR) is 58.4 cm³/mol. The van der Waals surface area contributed by atoms with Crippen LogP contribution in [-0.4, -0.2) is 17.5 Å². The summed E-state index contributed by atoms with van der Waals surface area (Å²) in [7, 11) is 0. The van der Waals surface area contributed by atoms with Gasteiger partial charge in [-0.15, -0.1) is 0 Å². The molecule has 1 aromatic carbocycles. The number of hydrogen-bond donors (Lipinski definition) is 0. The van der Waals surface area contributed by atoms with Gasteiger partial charge in [-0.2, -0.15) is 4.39 Å². The Balaban J connectivity index is 3.07. The van der Waals surface area contributed by atoms with E-state index in [0.717, 1.165) is 6.07 Å². The molecule has 0 N–H and O–H groups in total. The lowest BCUT2D eigenvalue weighted by atomic mass is 10.1. The molecule has 0 unspecified atom stereocenters. The smallest absolute Gasteiger partial charge is 0.323 e. The first-order valence-corrected chi connectivity index (χ1v) is 5.12. The molecule has 0 aromatic heterocycles. The fraction of sp³-hybridized carbons (Fsp3) is 0.300. The van der Waals surface area contributed by atoms with Gasteiger partial charge in [-0.1, -0.05) is 17.7 Å². The van der Waals surface area contributed by atoms with Gasteiger partial charge in [0.1, 0.15) is 5.02 Å². The molecule has 0 saturated heterocycles. The van der Waals surface area contributed by atoms with E-state index in [9.17, 15) is 19.3 Å². The second kappa shape index (κ2) is 5.58. The average Bonchev–Trinajstić information content (AvgIpc) is 2.22. The van der Waals surface area contributed by atoms with Crippen LogP contribution in [0.1, 0.15) is 12.5 Å². The van der Waals surface area contributed by atoms with E-state index in [1.165, 1.54) is 6.07 Å². The lowest BCUT2D eigenvalue weighted by molar-refractivity contribution is -0.387. The fourth-order valence-electron chi connectivity index (χ4n) is 1.25. The number of nitro benzene ring substituents is 1. The maximum atomic E-state index is 13.1. The van der Waals surface area contributed by atoms with Gasteiger partial charge in [-0.05, 0) is 18.6 Å². The summed E-state index contributed by atoms with van der Waals surface area (Å²) in [5.74, 6) is -1.61. The minimum absolute atomic E-state index is 0.165. The van der Waals surface area contributed by atoms with Crippen LogP contribution in [0.5, 0.6) is 0 Å². The monoisotopic (exact) mass is 261 g/mol. The Labute approximate surface area is 101 Å². The van der Waals surface area contributed by atoms with E-state index in [-0.39, 0.29) is 23.6 Å². The molecule has 0 amide bonds. The minimum Gasteiger partial charge on any atom is -0.466 e. The molecule has 0 fully saturated rings. The number of nitrogens with zero attached hydrogens (tertiary/aromatic N) is 1. The average molecular weight is 262 g/mol. The van der Waals surface area contributed by atoms with Crippen LogP contribution >= 0.6 is 11.6 Å². The lowest BCUT2D eigenvalue weighted by Gasteiger charge is -2.05. The summed E-state index contributed by atoms with van der Waals surface area (Å²) in [4.78, 5) is 20.8. The van der Waals surface area contributed by atoms with E-state index in [2.05, 4.69) is 4.74 Å². The van der Waals surface area contributed by atoms with Crippen molar-refractivity contribution in [3.8, 4) is 0 Å². The molecule has 92 valence electrons. The molecule has 1 rings (SSSR count). The maximum Gasteiger partial charge on any atom is 0.323 e. The van der Waals surface area contributed by atoms with Crippen molar-refractivity contribution in [3.63, 3.8) is 0 Å². The van der Waals surface area contributed by atoms with Gasteiger partial charge in [-0.25, -0.2) is 0 Å². The number of carbonyl (C=O) groups is 1. The largest absolute Gasteiger partial charge is 0.466 e.